The monoisotopic (exact) mass is 271 g/mol. The van der Waals surface area contributed by atoms with Crippen LogP contribution in [0.2, 0.25) is 0 Å². The molecule has 0 unspecified atom stereocenters. The zero-order valence-electron chi connectivity index (χ0n) is 11.3. The minimum Gasteiger partial charge on any atom is -0.489 e. The van der Waals surface area contributed by atoms with Crippen LogP contribution in [-0.2, 0) is 13.2 Å². The lowest BCUT2D eigenvalue weighted by molar-refractivity contribution is 0.306. The molecule has 0 atom stereocenters. The van der Waals surface area contributed by atoms with Gasteiger partial charge in [-0.1, -0.05) is 24.3 Å². The molecule has 2 nitrogen and oxygen atoms in total. The summed E-state index contributed by atoms with van der Waals surface area (Å²) in [5, 5.41) is 3.48. The van der Waals surface area contributed by atoms with Crippen LogP contribution in [0.3, 0.4) is 0 Å². The van der Waals surface area contributed by atoms with Gasteiger partial charge in [-0.15, -0.1) is 0 Å². The van der Waals surface area contributed by atoms with E-state index in [1.54, 1.807) is 12.1 Å². The predicted molar refractivity (Wildman–Crippen MR) is 77.0 cm³/mol. The topological polar surface area (TPSA) is 21.3 Å². The Morgan fingerprint density at radius 1 is 0.950 bits per heavy atom. The quantitative estimate of drug-likeness (QED) is 0.865. The summed E-state index contributed by atoms with van der Waals surface area (Å²) in [6, 6.07) is 15.2. The molecule has 0 spiro atoms. The number of ether oxygens (including phenoxy) is 1. The minimum atomic E-state index is -0.221. The van der Waals surface area contributed by atoms with Gasteiger partial charge in [0.15, 0.2) is 0 Å². The van der Waals surface area contributed by atoms with Crippen LogP contribution in [0.25, 0.3) is 0 Å². The van der Waals surface area contributed by atoms with Crippen molar-refractivity contribution in [1.82, 2.24) is 5.32 Å². The van der Waals surface area contributed by atoms with Crippen molar-refractivity contribution in [2.24, 2.45) is 0 Å². The van der Waals surface area contributed by atoms with Gasteiger partial charge < -0.3 is 10.1 Å². The third-order valence-electron chi connectivity index (χ3n) is 3.41. The molecule has 1 saturated carbocycles. The summed E-state index contributed by atoms with van der Waals surface area (Å²) in [6.45, 7) is 1.38. The fourth-order valence-corrected chi connectivity index (χ4v) is 2.00. The molecule has 0 amide bonds. The third kappa shape index (κ3) is 3.81. The van der Waals surface area contributed by atoms with Crippen LogP contribution in [0.1, 0.15) is 24.0 Å². The highest BCUT2D eigenvalue weighted by atomic mass is 19.1. The molecule has 0 saturated heterocycles. The van der Waals surface area contributed by atoms with E-state index in [1.165, 1.54) is 30.5 Å². The van der Waals surface area contributed by atoms with E-state index in [4.69, 9.17) is 4.74 Å². The predicted octanol–water partition coefficient (Wildman–Crippen LogP) is 3.66. The lowest BCUT2D eigenvalue weighted by atomic mass is 10.2. The van der Waals surface area contributed by atoms with Crippen molar-refractivity contribution in [3.8, 4) is 5.75 Å². The van der Waals surface area contributed by atoms with E-state index in [1.807, 2.05) is 12.1 Å². The summed E-state index contributed by atoms with van der Waals surface area (Å²) in [7, 11) is 0. The summed E-state index contributed by atoms with van der Waals surface area (Å²) < 4.78 is 18.5. The molecule has 0 bridgehead atoms. The molecular weight excluding hydrogens is 253 g/mol. The largest absolute Gasteiger partial charge is 0.489 e. The lowest BCUT2D eigenvalue weighted by Crippen LogP contribution is -2.15. The highest BCUT2D eigenvalue weighted by molar-refractivity contribution is 5.28. The molecule has 1 aliphatic carbocycles. The van der Waals surface area contributed by atoms with Gasteiger partial charge in [0.2, 0.25) is 0 Å². The Balaban J connectivity index is 1.50. The zero-order chi connectivity index (χ0) is 13.8. The van der Waals surface area contributed by atoms with E-state index in [2.05, 4.69) is 17.4 Å². The smallest absolute Gasteiger partial charge is 0.123 e. The Morgan fingerprint density at radius 2 is 1.60 bits per heavy atom. The molecule has 0 aliphatic heterocycles. The fourth-order valence-electron chi connectivity index (χ4n) is 2.00. The van der Waals surface area contributed by atoms with Gasteiger partial charge in [0.25, 0.3) is 0 Å². The number of nitrogens with one attached hydrogen (secondary N) is 1. The van der Waals surface area contributed by atoms with Crippen molar-refractivity contribution in [3.05, 3.63) is 65.5 Å². The van der Waals surface area contributed by atoms with Gasteiger partial charge in [0.1, 0.15) is 18.2 Å². The van der Waals surface area contributed by atoms with Gasteiger partial charge in [-0.05, 0) is 48.2 Å². The van der Waals surface area contributed by atoms with Crippen molar-refractivity contribution in [1.29, 1.82) is 0 Å². The first-order valence-corrected chi connectivity index (χ1v) is 6.99. The van der Waals surface area contributed by atoms with Gasteiger partial charge in [-0.25, -0.2) is 4.39 Å². The fraction of sp³-hybridized carbons (Fsp3) is 0.294. The van der Waals surface area contributed by atoms with E-state index in [0.29, 0.717) is 6.61 Å². The first-order chi connectivity index (χ1) is 9.79. The molecule has 0 heterocycles. The summed E-state index contributed by atoms with van der Waals surface area (Å²) in [6.07, 6.45) is 2.61. The Bertz CT molecular complexity index is 546. The van der Waals surface area contributed by atoms with Crippen molar-refractivity contribution >= 4 is 0 Å². The standard InChI is InChI=1S/C17H18FNO/c18-15-5-1-14(2-6-15)12-20-17-9-3-13(4-10-17)11-19-16-7-8-16/h1-6,9-10,16,19H,7-8,11-12H2. The van der Waals surface area contributed by atoms with Crippen LogP contribution in [0.5, 0.6) is 5.75 Å². The van der Waals surface area contributed by atoms with Crippen LogP contribution in [0.15, 0.2) is 48.5 Å². The molecule has 104 valence electrons. The lowest BCUT2D eigenvalue weighted by Gasteiger charge is -2.08. The second-order valence-corrected chi connectivity index (χ2v) is 5.21. The number of hydrogen-bond acceptors (Lipinski definition) is 2. The maximum atomic E-state index is 12.8. The maximum Gasteiger partial charge on any atom is 0.123 e. The first kappa shape index (κ1) is 13.1. The van der Waals surface area contributed by atoms with Gasteiger partial charge >= 0.3 is 0 Å². The molecule has 3 rings (SSSR count). The summed E-state index contributed by atoms with van der Waals surface area (Å²) in [5.74, 6) is 0.616. The van der Waals surface area contributed by atoms with Gasteiger partial charge in [-0.2, -0.15) is 0 Å². The van der Waals surface area contributed by atoms with Crippen LogP contribution in [0, 0.1) is 5.82 Å². The van der Waals surface area contributed by atoms with Crippen LogP contribution in [0.4, 0.5) is 4.39 Å². The normalized spacial score (nSPS) is 14.2. The average Bonchev–Trinajstić information content (AvgIpc) is 3.30. The number of hydrogen-bond donors (Lipinski definition) is 1. The Hall–Kier alpha value is -1.87. The molecule has 2 aromatic rings. The molecule has 2 aromatic carbocycles. The summed E-state index contributed by atoms with van der Waals surface area (Å²) in [4.78, 5) is 0. The van der Waals surface area contributed by atoms with E-state index >= 15 is 0 Å². The molecule has 20 heavy (non-hydrogen) atoms. The number of rotatable bonds is 6. The van der Waals surface area contributed by atoms with Gasteiger partial charge in [0, 0.05) is 12.6 Å². The summed E-state index contributed by atoms with van der Waals surface area (Å²) in [5.41, 5.74) is 2.23. The van der Waals surface area contributed by atoms with E-state index in [9.17, 15) is 4.39 Å². The maximum absolute atomic E-state index is 12.8. The van der Waals surface area contributed by atoms with Gasteiger partial charge in [0.05, 0.1) is 0 Å². The van der Waals surface area contributed by atoms with Crippen LogP contribution >= 0.6 is 0 Å². The first-order valence-electron chi connectivity index (χ1n) is 6.99. The molecule has 1 fully saturated rings. The molecule has 1 N–H and O–H groups in total. The second kappa shape index (κ2) is 6.06. The number of benzene rings is 2. The molecule has 1 aliphatic rings. The van der Waals surface area contributed by atoms with Crippen LogP contribution in [-0.4, -0.2) is 6.04 Å². The van der Waals surface area contributed by atoms with E-state index in [-0.39, 0.29) is 5.82 Å². The average molecular weight is 271 g/mol. The molecular formula is C17H18FNO. The van der Waals surface area contributed by atoms with Crippen molar-refractivity contribution in [2.75, 3.05) is 0 Å². The second-order valence-electron chi connectivity index (χ2n) is 5.21. The van der Waals surface area contributed by atoms with Crippen molar-refractivity contribution < 1.29 is 9.13 Å². The van der Waals surface area contributed by atoms with Crippen LogP contribution < -0.4 is 10.1 Å². The Kier molecular flexibility index (Phi) is 3.97. The summed E-state index contributed by atoms with van der Waals surface area (Å²) >= 11 is 0. The number of halogens is 1. The van der Waals surface area contributed by atoms with Crippen molar-refractivity contribution in [3.63, 3.8) is 0 Å². The van der Waals surface area contributed by atoms with E-state index in [0.717, 1.165) is 23.9 Å². The molecule has 0 aromatic heterocycles. The zero-order valence-corrected chi connectivity index (χ0v) is 11.3. The molecule has 0 radical (unpaired) electrons. The third-order valence-corrected chi connectivity index (χ3v) is 3.41. The minimum absolute atomic E-state index is 0.221. The Labute approximate surface area is 118 Å². The SMILES string of the molecule is Fc1ccc(COc2ccc(CNC3CC3)cc2)cc1. The molecule has 3 heteroatoms. The van der Waals surface area contributed by atoms with E-state index < -0.39 is 0 Å². The van der Waals surface area contributed by atoms with Crippen molar-refractivity contribution in [2.45, 2.75) is 32.0 Å². The highest BCUT2D eigenvalue weighted by Crippen LogP contribution is 2.20. The van der Waals surface area contributed by atoms with Gasteiger partial charge in [-0.3, -0.25) is 0 Å². The highest BCUT2D eigenvalue weighted by Gasteiger charge is 2.19. The Morgan fingerprint density at radius 3 is 2.25 bits per heavy atom.